The van der Waals surface area contributed by atoms with Crippen molar-refractivity contribution >= 4 is 17.3 Å². The molecule has 1 amide bonds. The van der Waals surface area contributed by atoms with Crippen LogP contribution in [0.5, 0.6) is 11.8 Å². The SMILES string of the molecule is CCn1c(CO)nn(-c2nc(OC(C)C(F)(F)F)c(C(=O)Nc3c(N(C)C)ccnc3OC)cc2F)c1=O. The van der Waals surface area contributed by atoms with E-state index in [0.29, 0.717) is 23.4 Å². The van der Waals surface area contributed by atoms with Crippen molar-refractivity contribution in [3.63, 3.8) is 0 Å². The van der Waals surface area contributed by atoms with Gasteiger partial charge in [0.15, 0.2) is 23.6 Å². The van der Waals surface area contributed by atoms with Gasteiger partial charge in [-0.05, 0) is 26.0 Å². The van der Waals surface area contributed by atoms with Crippen LogP contribution in [-0.4, -0.2) is 68.8 Å². The standard InChI is InChI=1S/C22H25F4N7O5/c1-6-32-15(10-34)30-33(21(32)36)17-13(23)9-12(19(29-17)38-11(2)22(24,25)26)18(35)28-16-14(31(3)4)7-8-27-20(16)37-5/h7-9,11,34H,6,10H2,1-5H3,(H,28,35). The minimum atomic E-state index is -4.86. The molecule has 3 aromatic rings. The van der Waals surface area contributed by atoms with Crippen molar-refractivity contribution < 1.29 is 36.9 Å². The fraction of sp³-hybridized carbons (Fsp3) is 0.409. The van der Waals surface area contributed by atoms with Crippen molar-refractivity contribution in [1.29, 1.82) is 0 Å². The molecule has 3 heterocycles. The number of aliphatic hydroxyl groups is 1. The zero-order valence-electron chi connectivity index (χ0n) is 21.0. The molecule has 0 bridgehead atoms. The van der Waals surface area contributed by atoms with Crippen LogP contribution < -0.4 is 25.4 Å². The molecule has 0 aliphatic rings. The Labute approximate surface area is 213 Å². The van der Waals surface area contributed by atoms with Crippen LogP contribution in [0.3, 0.4) is 0 Å². The number of carbonyl (C=O) groups excluding carboxylic acids is 1. The zero-order valence-corrected chi connectivity index (χ0v) is 21.0. The molecule has 0 saturated heterocycles. The number of ether oxygens (including phenoxy) is 2. The Morgan fingerprint density at radius 3 is 2.50 bits per heavy atom. The van der Waals surface area contributed by atoms with Gasteiger partial charge >= 0.3 is 11.9 Å². The van der Waals surface area contributed by atoms with E-state index in [0.717, 1.165) is 4.57 Å². The van der Waals surface area contributed by atoms with E-state index in [1.807, 2.05) is 0 Å². The van der Waals surface area contributed by atoms with Gasteiger partial charge in [0.25, 0.3) is 5.91 Å². The molecule has 206 valence electrons. The van der Waals surface area contributed by atoms with Gasteiger partial charge in [-0.2, -0.15) is 22.8 Å². The van der Waals surface area contributed by atoms with E-state index < -0.39 is 53.6 Å². The van der Waals surface area contributed by atoms with Gasteiger partial charge in [0.05, 0.1) is 12.8 Å². The number of methoxy groups -OCH3 is 1. The molecule has 16 heteroatoms. The van der Waals surface area contributed by atoms with Crippen molar-refractivity contribution in [3.8, 4) is 17.6 Å². The second-order valence-corrected chi connectivity index (χ2v) is 8.02. The van der Waals surface area contributed by atoms with Gasteiger partial charge in [-0.3, -0.25) is 9.36 Å². The number of hydrogen-bond acceptors (Lipinski definition) is 9. The third-order valence-corrected chi connectivity index (χ3v) is 5.32. The highest BCUT2D eigenvalue weighted by Gasteiger charge is 2.39. The summed E-state index contributed by atoms with van der Waals surface area (Å²) in [4.78, 5) is 35.2. The lowest BCUT2D eigenvalue weighted by Crippen LogP contribution is -2.33. The highest BCUT2D eigenvalue weighted by Crippen LogP contribution is 2.34. The number of amides is 1. The second kappa shape index (κ2) is 11.0. The molecule has 1 atom stereocenters. The summed E-state index contributed by atoms with van der Waals surface area (Å²) in [7, 11) is 4.61. The normalized spacial score (nSPS) is 12.3. The number of nitrogens with zero attached hydrogens (tertiary/aromatic N) is 6. The largest absolute Gasteiger partial charge is 0.479 e. The fourth-order valence-electron chi connectivity index (χ4n) is 3.37. The molecule has 0 fully saturated rings. The van der Waals surface area contributed by atoms with Gasteiger partial charge in [-0.1, -0.05) is 0 Å². The van der Waals surface area contributed by atoms with Gasteiger partial charge in [0.2, 0.25) is 11.8 Å². The van der Waals surface area contributed by atoms with E-state index in [2.05, 4.69) is 20.4 Å². The first-order valence-corrected chi connectivity index (χ1v) is 11.1. The van der Waals surface area contributed by atoms with Gasteiger partial charge in [-0.15, -0.1) is 5.10 Å². The van der Waals surface area contributed by atoms with Crippen LogP contribution in [0.4, 0.5) is 28.9 Å². The summed E-state index contributed by atoms with van der Waals surface area (Å²) in [6.07, 6.45) is -5.91. The highest BCUT2D eigenvalue weighted by molar-refractivity contribution is 6.08. The number of aliphatic hydroxyl groups excluding tert-OH is 1. The van der Waals surface area contributed by atoms with E-state index in [4.69, 9.17) is 9.47 Å². The number of aromatic nitrogens is 5. The van der Waals surface area contributed by atoms with Crippen LogP contribution >= 0.6 is 0 Å². The molecule has 0 aromatic carbocycles. The number of carbonyl (C=O) groups is 1. The molecular weight excluding hydrogens is 518 g/mol. The third-order valence-electron chi connectivity index (χ3n) is 5.32. The Morgan fingerprint density at radius 1 is 1.29 bits per heavy atom. The summed E-state index contributed by atoms with van der Waals surface area (Å²) in [5, 5.41) is 15.7. The molecule has 0 radical (unpaired) electrons. The first kappa shape index (κ1) is 28.4. The van der Waals surface area contributed by atoms with E-state index in [9.17, 15) is 27.9 Å². The molecule has 3 aromatic heterocycles. The maximum absolute atomic E-state index is 15.2. The molecular formula is C22H25F4N7O5. The van der Waals surface area contributed by atoms with Crippen LogP contribution in [0.15, 0.2) is 23.1 Å². The van der Waals surface area contributed by atoms with Gasteiger partial charge in [0, 0.05) is 26.8 Å². The molecule has 12 nitrogen and oxygen atoms in total. The number of rotatable bonds is 9. The topological polar surface area (TPSA) is 137 Å². The second-order valence-electron chi connectivity index (χ2n) is 8.02. The van der Waals surface area contributed by atoms with E-state index in [-0.39, 0.29) is 23.9 Å². The summed E-state index contributed by atoms with van der Waals surface area (Å²) in [5.41, 5.74) is -1.14. The van der Waals surface area contributed by atoms with Crippen molar-refractivity contribution in [2.24, 2.45) is 0 Å². The number of halogens is 4. The minimum absolute atomic E-state index is 0.0195. The number of pyridine rings is 2. The first-order chi connectivity index (χ1) is 17.8. The lowest BCUT2D eigenvalue weighted by molar-refractivity contribution is -0.190. The summed E-state index contributed by atoms with van der Waals surface area (Å²) in [6, 6.07) is 2.11. The fourth-order valence-corrected chi connectivity index (χ4v) is 3.37. The predicted molar refractivity (Wildman–Crippen MR) is 126 cm³/mol. The monoisotopic (exact) mass is 543 g/mol. The number of anilines is 2. The molecule has 0 aliphatic heterocycles. The number of alkyl halides is 3. The maximum atomic E-state index is 15.2. The molecule has 3 rings (SSSR count). The number of hydrogen-bond donors (Lipinski definition) is 2. The van der Waals surface area contributed by atoms with Gasteiger partial charge in [-0.25, -0.2) is 14.2 Å². The summed E-state index contributed by atoms with van der Waals surface area (Å²) >= 11 is 0. The Bertz CT molecular complexity index is 1390. The van der Waals surface area contributed by atoms with Gasteiger partial charge in [0.1, 0.15) is 17.9 Å². The minimum Gasteiger partial charge on any atom is -0.479 e. The van der Waals surface area contributed by atoms with Crippen molar-refractivity contribution in [2.75, 3.05) is 31.4 Å². The predicted octanol–water partition coefficient (Wildman–Crippen LogP) is 2.13. The Hall–Kier alpha value is -4.21. The van der Waals surface area contributed by atoms with Crippen LogP contribution in [0.2, 0.25) is 0 Å². The Morgan fingerprint density at radius 2 is 1.97 bits per heavy atom. The van der Waals surface area contributed by atoms with Crippen molar-refractivity contribution in [3.05, 3.63) is 46.0 Å². The zero-order chi connectivity index (χ0) is 28.4. The lowest BCUT2D eigenvalue weighted by atomic mass is 10.2. The molecule has 0 spiro atoms. The molecule has 0 aliphatic carbocycles. The average Bonchev–Trinajstić information content (AvgIpc) is 3.18. The Balaban J connectivity index is 2.18. The maximum Gasteiger partial charge on any atom is 0.425 e. The average molecular weight is 543 g/mol. The molecule has 1 unspecified atom stereocenters. The number of nitrogens with one attached hydrogen (secondary N) is 1. The van der Waals surface area contributed by atoms with E-state index in [1.165, 1.54) is 13.3 Å². The van der Waals surface area contributed by atoms with E-state index >= 15 is 4.39 Å². The molecule has 0 saturated carbocycles. The third kappa shape index (κ3) is 5.53. The van der Waals surface area contributed by atoms with Crippen LogP contribution in [-0.2, 0) is 13.2 Å². The highest BCUT2D eigenvalue weighted by atomic mass is 19.4. The summed E-state index contributed by atoms with van der Waals surface area (Å²) in [6.45, 7) is 1.63. The molecule has 2 N–H and O–H groups in total. The lowest BCUT2D eigenvalue weighted by Gasteiger charge is -2.21. The smallest absolute Gasteiger partial charge is 0.425 e. The Kier molecular flexibility index (Phi) is 8.24. The van der Waals surface area contributed by atoms with Crippen LogP contribution in [0.1, 0.15) is 30.0 Å². The van der Waals surface area contributed by atoms with E-state index in [1.54, 1.807) is 32.0 Å². The van der Waals surface area contributed by atoms with Crippen LogP contribution in [0.25, 0.3) is 5.82 Å². The van der Waals surface area contributed by atoms with Crippen molar-refractivity contribution in [2.45, 2.75) is 39.3 Å². The molecule has 38 heavy (non-hydrogen) atoms. The van der Waals surface area contributed by atoms with Gasteiger partial charge < -0.3 is 24.8 Å². The first-order valence-electron chi connectivity index (χ1n) is 11.1. The van der Waals surface area contributed by atoms with Crippen LogP contribution in [0, 0.1) is 5.82 Å². The van der Waals surface area contributed by atoms with Crippen molar-refractivity contribution in [1.82, 2.24) is 24.3 Å². The quantitative estimate of drug-likeness (QED) is 0.389. The summed E-state index contributed by atoms with van der Waals surface area (Å²) < 4.78 is 66.7. The summed E-state index contributed by atoms with van der Waals surface area (Å²) in [5.74, 6) is -4.25.